The van der Waals surface area contributed by atoms with Crippen molar-refractivity contribution in [2.75, 3.05) is 13.1 Å². The molecule has 1 unspecified atom stereocenters. The molecule has 2 rings (SSSR count). The topological polar surface area (TPSA) is 42.1 Å². The van der Waals surface area contributed by atoms with Crippen LogP contribution in [0.3, 0.4) is 0 Å². The van der Waals surface area contributed by atoms with E-state index < -0.39 is 0 Å². The minimum absolute atomic E-state index is 0.259. The van der Waals surface area contributed by atoms with Gasteiger partial charge in [0.15, 0.2) is 0 Å². The van der Waals surface area contributed by atoms with Crippen LogP contribution in [0.5, 0.6) is 0 Å². The molecule has 1 aliphatic rings. The van der Waals surface area contributed by atoms with Gasteiger partial charge in [-0.2, -0.15) is 0 Å². The summed E-state index contributed by atoms with van der Waals surface area (Å²) in [6.07, 6.45) is 6.20. The third-order valence-corrected chi connectivity index (χ3v) is 4.17. The molecule has 1 atom stereocenters. The zero-order valence-electron chi connectivity index (χ0n) is 10.9. The quantitative estimate of drug-likeness (QED) is 0.865. The summed E-state index contributed by atoms with van der Waals surface area (Å²) in [4.78, 5) is 6.74. The van der Waals surface area contributed by atoms with Crippen LogP contribution in [-0.2, 0) is 6.54 Å². The van der Waals surface area contributed by atoms with Gasteiger partial charge in [0.25, 0.3) is 0 Å². The second-order valence-corrected chi connectivity index (χ2v) is 5.50. The monoisotopic (exact) mass is 233 g/mol. The molecule has 3 nitrogen and oxygen atoms in total. The average Bonchev–Trinajstić information content (AvgIpc) is 2.58. The van der Waals surface area contributed by atoms with Crippen molar-refractivity contribution in [2.45, 2.75) is 38.8 Å². The minimum Gasteiger partial charge on any atom is -0.330 e. The number of likely N-dealkylation sites (tertiary alicyclic amines) is 1. The minimum atomic E-state index is 0.259. The third-order valence-electron chi connectivity index (χ3n) is 4.17. The summed E-state index contributed by atoms with van der Waals surface area (Å²) >= 11 is 0. The van der Waals surface area contributed by atoms with Crippen LogP contribution in [0.2, 0.25) is 0 Å². The normalized spacial score (nSPS) is 24.1. The molecule has 2 N–H and O–H groups in total. The molecule has 1 aromatic heterocycles. The maximum atomic E-state index is 5.70. The van der Waals surface area contributed by atoms with Crippen LogP contribution in [0.4, 0.5) is 0 Å². The van der Waals surface area contributed by atoms with Crippen LogP contribution in [0, 0.1) is 5.92 Å². The summed E-state index contributed by atoms with van der Waals surface area (Å²) in [5.41, 5.74) is 7.26. The summed E-state index contributed by atoms with van der Waals surface area (Å²) in [5.74, 6) is 0.726. The number of hydrogen-bond acceptors (Lipinski definition) is 3. The Kier molecular flexibility index (Phi) is 3.79. The fraction of sp³-hybridized carbons (Fsp3) is 0.643. The first-order chi connectivity index (χ1) is 8.14. The Bertz CT molecular complexity index is 348. The molecule has 94 valence electrons. The van der Waals surface area contributed by atoms with E-state index in [0.717, 1.165) is 25.4 Å². The molecule has 0 bridgehead atoms. The van der Waals surface area contributed by atoms with Crippen LogP contribution in [0.1, 0.15) is 32.3 Å². The Hall–Kier alpha value is -0.930. The third kappa shape index (κ3) is 2.67. The zero-order chi connectivity index (χ0) is 12.3. The lowest BCUT2D eigenvalue weighted by Crippen LogP contribution is -2.42. The lowest BCUT2D eigenvalue weighted by atomic mass is 9.86. The molecule has 1 aliphatic heterocycles. The van der Waals surface area contributed by atoms with E-state index >= 15 is 0 Å². The second-order valence-electron chi connectivity index (χ2n) is 5.50. The zero-order valence-corrected chi connectivity index (χ0v) is 10.9. The predicted octanol–water partition coefficient (Wildman–Crippen LogP) is 2.03. The van der Waals surface area contributed by atoms with Crippen molar-refractivity contribution in [3.05, 3.63) is 30.1 Å². The van der Waals surface area contributed by atoms with E-state index in [9.17, 15) is 0 Å². The summed E-state index contributed by atoms with van der Waals surface area (Å²) in [6.45, 7) is 7.66. The van der Waals surface area contributed by atoms with E-state index in [0.29, 0.717) is 0 Å². The number of aromatic nitrogens is 1. The van der Waals surface area contributed by atoms with Gasteiger partial charge in [-0.15, -0.1) is 0 Å². The molecule has 0 spiro atoms. The van der Waals surface area contributed by atoms with E-state index in [1.54, 1.807) is 0 Å². The molecule has 1 saturated heterocycles. The highest BCUT2D eigenvalue weighted by Crippen LogP contribution is 2.37. The van der Waals surface area contributed by atoms with Gasteiger partial charge in [0, 0.05) is 24.5 Å². The largest absolute Gasteiger partial charge is 0.330 e. The van der Waals surface area contributed by atoms with E-state index in [2.05, 4.69) is 29.8 Å². The first kappa shape index (κ1) is 12.5. The highest BCUT2D eigenvalue weighted by Gasteiger charge is 2.40. The van der Waals surface area contributed by atoms with Gasteiger partial charge in [0.2, 0.25) is 0 Å². The van der Waals surface area contributed by atoms with Gasteiger partial charge >= 0.3 is 0 Å². The van der Waals surface area contributed by atoms with Crippen molar-refractivity contribution in [1.82, 2.24) is 9.88 Å². The standard InChI is InChI=1S/C14H23N3/c1-14(2)13(5-7-15)6-9-17(14)11-12-4-3-8-16-10-12/h3-4,8,10,13H,5-7,9,11,15H2,1-2H3. The van der Waals surface area contributed by atoms with Crippen molar-refractivity contribution in [3.8, 4) is 0 Å². The van der Waals surface area contributed by atoms with Crippen LogP contribution in [0.25, 0.3) is 0 Å². The van der Waals surface area contributed by atoms with Gasteiger partial charge in [-0.05, 0) is 57.3 Å². The first-order valence-electron chi connectivity index (χ1n) is 6.48. The Balaban J connectivity index is 2.03. The van der Waals surface area contributed by atoms with Crippen LogP contribution in [0.15, 0.2) is 24.5 Å². The molecular formula is C14H23N3. The molecule has 0 amide bonds. The molecule has 3 heteroatoms. The fourth-order valence-electron chi connectivity index (χ4n) is 2.90. The second kappa shape index (κ2) is 5.15. The molecule has 0 aliphatic carbocycles. The van der Waals surface area contributed by atoms with E-state index in [1.807, 2.05) is 18.5 Å². The summed E-state index contributed by atoms with van der Waals surface area (Å²) in [7, 11) is 0. The van der Waals surface area contributed by atoms with Crippen molar-refractivity contribution in [3.63, 3.8) is 0 Å². The maximum Gasteiger partial charge on any atom is 0.0312 e. The summed E-state index contributed by atoms with van der Waals surface area (Å²) in [5, 5.41) is 0. The highest BCUT2D eigenvalue weighted by atomic mass is 15.2. The van der Waals surface area contributed by atoms with Crippen LogP contribution < -0.4 is 5.73 Å². The smallest absolute Gasteiger partial charge is 0.0312 e. The summed E-state index contributed by atoms with van der Waals surface area (Å²) in [6, 6.07) is 4.16. The maximum absolute atomic E-state index is 5.70. The van der Waals surface area contributed by atoms with Gasteiger partial charge in [-0.3, -0.25) is 9.88 Å². The SMILES string of the molecule is CC1(C)C(CCN)CCN1Cc1cccnc1. The van der Waals surface area contributed by atoms with Gasteiger partial charge < -0.3 is 5.73 Å². The number of rotatable bonds is 4. The molecule has 2 heterocycles. The van der Waals surface area contributed by atoms with Crippen molar-refractivity contribution in [1.29, 1.82) is 0 Å². The number of hydrogen-bond donors (Lipinski definition) is 1. The molecule has 0 radical (unpaired) electrons. The van der Waals surface area contributed by atoms with E-state index in [-0.39, 0.29) is 5.54 Å². The van der Waals surface area contributed by atoms with Crippen LogP contribution >= 0.6 is 0 Å². The van der Waals surface area contributed by atoms with E-state index in [4.69, 9.17) is 5.73 Å². The lowest BCUT2D eigenvalue weighted by Gasteiger charge is -2.36. The van der Waals surface area contributed by atoms with Gasteiger partial charge in [-0.25, -0.2) is 0 Å². The Morgan fingerprint density at radius 1 is 1.53 bits per heavy atom. The number of nitrogens with zero attached hydrogens (tertiary/aromatic N) is 2. The Labute approximate surface area is 104 Å². The Morgan fingerprint density at radius 2 is 2.35 bits per heavy atom. The van der Waals surface area contributed by atoms with Gasteiger partial charge in [-0.1, -0.05) is 6.07 Å². The van der Waals surface area contributed by atoms with Crippen molar-refractivity contribution < 1.29 is 0 Å². The molecular weight excluding hydrogens is 210 g/mol. The predicted molar refractivity (Wildman–Crippen MR) is 70.5 cm³/mol. The van der Waals surface area contributed by atoms with Crippen LogP contribution in [-0.4, -0.2) is 28.5 Å². The molecule has 0 saturated carbocycles. The first-order valence-corrected chi connectivity index (χ1v) is 6.48. The average molecular weight is 233 g/mol. The molecule has 17 heavy (non-hydrogen) atoms. The number of nitrogens with two attached hydrogens (primary N) is 1. The van der Waals surface area contributed by atoms with Crippen molar-refractivity contribution in [2.24, 2.45) is 11.7 Å². The van der Waals surface area contributed by atoms with E-state index in [1.165, 1.54) is 18.5 Å². The Morgan fingerprint density at radius 3 is 3.00 bits per heavy atom. The molecule has 1 aromatic rings. The van der Waals surface area contributed by atoms with Gasteiger partial charge in [0.1, 0.15) is 0 Å². The lowest BCUT2D eigenvalue weighted by molar-refractivity contribution is 0.127. The summed E-state index contributed by atoms with van der Waals surface area (Å²) < 4.78 is 0. The van der Waals surface area contributed by atoms with Gasteiger partial charge in [0.05, 0.1) is 0 Å². The highest BCUT2D eigenvalue weighted by molar-refractivity contribution is 5.10. The molecule has 0 aromatic carbocycles. The fourth-order valence-corrected chi connectivity index (χ4v) is 2.90. The molecule has 1 fully saturated rings. The number of pyridine rings is 1. The van der Waals surface area contributed by atoms with Crippen molar-refractivity contribution >= 4 is 0 Å².